The Morgan fingerprint density at radius 1 is 0.750 bits per heavy atom. The molecule has 0 bridgehead atoms. The summed E-state index contributed by atoms with van der Waals surface area (Å²) in [6.45, 7) is 0. The summed E-state index contributed by atoms with van der Waals surface area (Å²) in [6.07, 6.45) is 3.87. The number of rotatable bonds is 5. The highest BCUT2D eigenvalue weighted by Crippen LogP contribution is 2.20. The van der Waals surface area contributed by atoms with Crippen molar-refractivity contribution in [2.24, 2.45) is 0 Å². The standard InChI is InChI=1S/C24H19N3O/c28-24(21-16-25-23(26-17-21)19-11-5-2-6-12-19)27-22-14-8-7-13-20(22)15-18-9-3-1-4-10-18/h1-14,16-17H,15H2,(H,27,28). The summed E-state index contributed by atoms with van der Waals surface area (Å²) in [5.41, 5.74) is 4.39. The van der Waals surface area contributed by atoms with Crippen molar-refractivity contribution in [1.29, 1.82) is 0 Å². The Hall–Kier alpha value is -3.79. The molecule has 0 saturated carbocycles. The number of amides is 1. The molecule has 1 N–H and O–H groups in total. The summed E-state index contributed by atoms with van der Waals surface area (Å²) >= 11 is 0. The minimum atomic E-state index is -0.222. The molecule has 0 aliphatic carbocycles. The van der Waals surface area contributed by atoms with Gasteiger partial charge in [-0.05, 0) is 23.6 Å². The molecule has 0 aliphatic heterocycles. The van der Waals surface area contributed by atoms with Crippen LogP contribution in [-0.4, -0.2) is 15.9 Å². The van der Waals surface area contributed by atoms with E-state index in [1.165, 1.54) is 5.56 Å². The van der Waals surface area contributed by atoms with Crippen molar-refractivity contribution in [3.8, 4) is 11.4 Å². The van der Waals surface area contributed by atoms with Gasteiger partial charge in [0.15, 0.2) is 5.82 Å². The lowest BCUT2D eigenvalue weighted by Crippen LogP contribution is -2.14. The molecule has 0 saturated heterocycles. The first kappa shape index (κ1) is 17.6. The van der Waals surface area contributed by atoms with Crippen LogP contribution in [0.25, 0.3) is 11.4 Å². The lowest BCUT2D eigenvalue weighted by molar-refractivity contribution is 0.102. The van der Waals surface area contributed by atoms with Gasteiger partial charge in [-0.3, -0.25) is 4.79 Å². The number of para-hydroxylation sites is 1. The topological polar surface area (TPSA) is 54.9 Å². The molecule has 0 spiro atoms. The molecule has 4 aromatic rings. The maximum Gasteiger partial charge on any atom is 0.258 e. The summed E-state index contributed by atoms with van der Waals surface area (Å²) < 4.78 is 0. The third-order valence-corrected chi connectivity index (χ3v) is 4.45. The van der Waals surface area contributed by atoms with E-state index in [2.05, 4.69) is 27.4 Å². The molecule has 4 nitrogen and oxygen atoms in total. The van der Waals surface area contributed by atoms with Crippen LogP contribution in [0.15, 0.2) is 97.3 Å². The second-order valence-corrected chi connectivity index (χ2v) is 6.44. The predicted molar refractivity (Wildman–Crippen MR) is 111 cm³/mol. The molecule has 0 aliphatic rings. The minimum absolute atomic E-state index is 0.222. The van der Waals surface area contributed by atoms with Gasteiger partial charge in [-0.1, -0.05) is 78.9 Å². The zero-order valence-electron chi connectivity index (χ0n) is 15.2. The van der Waals surface area contributed by atoms with E-state index in [0.717, 1.165) is 23.2 Å². The van der Waals surface area contributed by atoms with Gasteiger partial charge in [0.25, 0.3) is 5.91 Å². The maximum absolute atomic E-state index is 12.7. The van der Waals surface area contributed by atoms with Gasteiger partial charge < -0.3 is 5.32 Å². The van der Waals surface area contributed by atoms with E-state index in [9.17, 15) is 4.79 Å². The highest BCUT2D eigenvalue weighted by atomic mass is 16.1. The minimum Gasteiger partial charge on any atom is -0.322 e. The Bertz CT molecular complexity index is 1060. The number of benzene rings is 3. The Kier molecular flexibility index (Phi) is 5.20. The van der Waals surface area contributed by atoms with Crippen LogP contribution in [0.3, 0.4) is 0 Å². The average molecular weight is 365 g/mol. The van der Waals surface area contributed by atoms with Crippen molar-refractivity contribution in [3.05, 3.63) is 114 Å². The predicted octanol–water partition coefficient (Wildman–Crippen LogP) is 4.99. The van der Waals surface area contributed by atoms with Gasteiger partial charge in [0, 0.05) is 23.6 Å². The molecule has 0 unspecified atom stereocenters. The van der Waals surface area contributed by atoms with Gasteiger partial charge in [-0.2, -0.15) is 0 Å². The Balaban J connectivity index is 1.51. The fraction of sp³-hybridized carbons (Fsp3) is 0.0417. The first-order valence-electron chi connectivity index (χ1n) is 9.10. The van der Waals surface area contributed by atoms with Crippen LogP contribution in [0, 0.1) is 0 Å². The van der Waals surface area contributed by atoms with Crippen molar-refractivity contribution >= 4 is 11.6 Å². The number of carbonyl (C=O) groups excluding carboxylic acids is 1. The monoisotopic (exact) mass is 365 g/mol. The van der Waals surface area contributed by atoms with Crippen molar-refractivity contribution in [3.63, 3.8) is 0 Å². The van der Waals surface area contributed by atoms with Gasteiger partial charge in [0.05, 0.1) is 5.56 Å². The largest absolute Gasteiger partial charge is 0.322 e. The van der Waals surface area contributed by atoms with Crippen LogP contribution in [0.1, 0.15) is 21.5 Å². The van der Waals surface area contributed by atoms with E-state index in [0.29, 0.717) is 11.4 Å². The first-order valence-corrected chi connectivity index (χ1v) is 9.10. The molecule has 0 fully saturated rings. The number of hydrogen-bond donors (Lipinski definition) is 1. The van der Waals surface area contributed by atoms with Crippen LogP contribution >= 0.6 is 0 Å². The van der Waals surface area contributed by atoms with Gasteiger partial charge in [-0.25, -0.2) is 9.97 Å². The van der Waals surface area contributed by atoms with E-state index >= 15 is 0 Å². The number of carbonyl (C=O) groups is 1. The summed E-state index contributed by atoms with van der Waals surface area (Å²) in [5, 5.41) is 2.99. The van der Waals surface area contributed by atoms with Crippen molar-refractivity contribution in [2.75, 3.05) is 5.32 Å². The third-order valence-electron chi connectivity index (χ3n) is 4.45. The molecule has 4 heteroatoms. The zero-order chi connectivity index (χ0) is 19.2. The van der Waals surface area contributed by atoms with Gasteiger partial charge in [0.1, 0.15) is 0 Å². The average Bonchev–Trinajstić information content (AvgIpc) is 2.76. The Morgan fingerprint density at radius 2 is 1.36 bits per heavy atom. The van der Waals surface area contributed by atoms with Gasteiger partial charge >= 0.3 is 0 Å². The molecular formula is C24H19N3O. The molecule has 0 radical (unpaired) electrons. The van der Waals surface area contributed by atoms with Crippen LogP contribution in [0.4, 0.5) is 5.69 Å². The third kappa shape index (κ3) is 4.13. The lowest BCUT2D eigenvalue weighted by atomic mass is 10.0. The fourth-order valence-corrected chi connectivity index (χ4v) is 2.99. The second kappa shape index (κ2) is 8.27. The molecule has 1 heterocycles. The van der Waals surface area contributed by atoms with E-state index in [1.807, 2.05) is 72.8 Å². The smallest absolute Gasteiger partial charge is 0.258 e. The SMILES string of the molecule is O=C(Nc1ccccc1Cc1ccccc1)c1cnc(-c2ccccc2)nc1. The van der Waals surface area contributed by atoms with Crippen molar-refractivity contribution in [1.82, 2.24) is 9.97 Å². The van der Waals surface area contributed by atoms with Crippen LogP contribution < -0.4 is 5.32 Å². The summed E-state index contributed by atoms with van der Waals surface area (Å²) in [4.78, 5) is 21.3. The molecule has 3 aromatic carbocycles. The first-order chi connectivity index (χ1) is 13.8. The number of hydrogen-bond acceptors (Lipinski definition) is 3. The molecule has 0 atom stereocenters. The summed E-state index contributed by atoms with van der Waals surface area (Å²) in [5.74, 6) is 0.377. The van der Waals surface area contributed by atoms with Crippen LogP contribution in [0.5, 0.6) is 0 Å². The Morgan fingerprint density at radius 3 is 2.07 bits per heavy atom. The second-order valence-electron chi connectivity index (χ2n) is 6.44. The van der Waals surface area contributed by atoms with Crippen LogP contribution in [0.2, 0.25) is 0 Å². The van der Waals surface area contributed by atoms with Gasteiger partial charge in [0.2, 0.25) is 0 Å². The fourth-order valence-electron chi connectivity index (χ4n) is 2.99. The van der Waals surface area contributed by atoms with Crippen LogP contribution in [-0.2, 0) is 6.42 Å². The highest BCUT2D eigenvalue weighted by Gasteiger charge is 2.11. The summed E-state index contributed by atoms with van der Waals surface area (Å²) in [6, 6.07) is 27.7. The zero-order valence-corrected chi connectivity index (χ0v) is 15.2. The lowest BCUT2D eigenvalue weighted by Gasteiger charge is -2.11. The Labute approximate surface area is 163 Å². The molecular weight excluding hydrogens is 346 g/mol. The molecule has 1 amide bonds. The number of nitrogens with one attached hydrogen (secondary N) is 1. The summed E-state index contributed by atoms with van der Waals surface area (Å²) in [7, 11) is 0. The number of nitrogens with zero attached hydrogens (tertiary/aromatic N) is 2. The van der Waals surface area contributed by atoms with E-state index in [4.69, 9.17) is 0 Å². The number of anilines is 1. The molecule has 28 heavy (non-hydrogen) atoms. The van der Waals surface area contributed by atoms with Crippen molar-refractivity contribution < 1.29 is 4.79 Å². The van der Waals surface area contributed by atoms with E-state index in [1.54, 1.807) is 12.4 Å². The number of aromatic nitrogens is 2. The quantitative estimate of drug-likeness (QED) is 0.542. The van der Waals surface area contributed by atoms with Crippen molar-refractivity contribution in [2.45, 2.75) is 6.42 Å². The molecule has 4 rings (SSSR count). The highest BCUT2D eigenvalue weighted by molar-refractivity contribution is 6.04. The maximum atomic E-state index is 12.7. The normalized spacial score (nSPS) is 10.4. The molecule has 136 valence electrons. The van der Waals surface area contributed by atoms with Gasteiger partial charge in [-0.15, -0.1) is 0 Å². The molecule has 1 aromatic heterocycles. The van der Waals surface area contributed by atoms with E-state index in [-0.39, 0.29) is 5.91 Å². The van der Waals surface area contributed by atoms with E-state index < -0.39 is 0 Å².